The monoisotopic (exact) mass is 338 g/mol. The summed E-state index contributed by atoms with van der Waals surface area (Å²) in [6.07, 6.45) is 5.17. The maximum Gasteiger partial charge on any atom is 0.163 e. The lowest BCUT2D eigenvalue weighted by molar-refractivity contribution is 0.686. The smallest absolute Gasteiger partial charge is 0.163 e. The van der Waals surface area contributed by atoms with E-state index in [1.165, 1.54) is 0 Å². The Balaban J connectivity index is 1.88. The summed E-state index contributed by atoms with van der Waals surface area (Å²) in [5.74, 6) is 1.90. The summed E-state index contributed by atoms with van der Waals surface area (Å²) in [4.78, 5) is 13.2. The number of hydrogen-bond donors (Lipinski definition) is 1. The SMILES string of the molecule is Cc1cc(Nc2cccc(CS(C)=O)c2)nc(-c2cccnc2)n1. The lowest BCUT2D eigenvalue weighted by atomic mass is 10.2. The van der Waals surface area contributed by atoms with E-state index in [1.807, 2.05) is 49.4 Å². The van der Waals surface area contributed by atoms with Crippen LogP contribution in [0.4, 0.5) is 11.5 Å². The molecule has 122 valence electrons. The standard InChI is InChI=1S/C18H18N4OS/c1-13-9-17(22-18(20-13)15-6-4-8-19-11-15)21-16-7-3-5-14(10-16)12-24(2)23/h3-11H,12H2,1-2H3,(H,20,21,22). The second-order valence-corrected chi connectivity index (χ2v) is 6.94. The van der Waals surface area contributed by atoms with Gasteiger partial charge in [0.15, 0.2) is 5.82 Å². The van der Waals surface area contributed by atoms with Gasteiger partial charge in [-0.1, -0.05) is 12.1 Å². The molecule has 3 rings (SSSR count). The molecule has 1 atom stereocenters. The first-order valence-electron chi connectivity index (χ1n) is 7.52. The van der Waals surface area contributed by atoms with E-state index in [-0.39, 0.29) is 0 Å². The summed E-state index contributed by atoms with van der Waals surface area (Å²) >= 11 is 0. The molecule has 2 heterocycles. The van der Waals surface area contributed by atoms with Gasteiger partial charge in [0.05, 0.1) is 0 Å². The lowest BCUT2D eigenvalue weighted by Gasteiger charge is -2.10. The minimum absolute atomic E-state index is 0.541. The third-order valence-electron chi connectivity index (χ3n) is 3.34. The van der Waals surface area contributed by atoms with Gasteiger partial charge in [-0.2, -0.15) is 0 Å². The Hall–Kier alpha value is -2.60. The maximum atomic E-state index is 11.4. The molecule has 0 saturated heterocycles. The summed E-state index contributed by atoms with van der Waals surface area (Å²) in [7, 11) is -0.864. The van der Waals surface area contributed by atoms with Crippen LogP contribution in [0.15, 0.2) is 54.9 Å². The fourth-order valence-corrected chi connectivity index (χ4v) is 3.03. The van der Waals surface area contributed by atoms with Gasteiger partial charge in [0.2, 0.25) is 0 Å². The lowest BCUT2D eigenvalue weighted by Crippen LogP contribution is -2.00. The first-order chi connectivity index (χ1) is 11.6. The van der Waals surface area contributed by atoms with E-state index in [9.17, 15) is 4.21 Å². The van der Waals surface area contributed by atoms with Crippen molar-refractivity contribution >= 4 is 22.3 Å². The van der Waals surface area contributed by atoms with E-state index >= 15 is 0 Å². The number of aromatic nitrogens is 3. The third kappa shape index (κ3) is 4.23. The van der Waals surface area contributed by atoms with Gasteiger partial charge < -0.3 is 5.32 Å². The normalized spacial score (nSPS) is 11.9. The van der Waals surface area contributed by atoms with Gasteiger partial charge in [-0.25, -0.2) is 9.97 Å². The third-order valence-corrected chi connectivity index (χ3v) is 4.08. The molecule has 1 N–H and O–H groups in total. The van der Waals surface area contributed by atoms with Crippen LogP contribution in [0.2, 0.25) is 0 Å². The highest BCUT2D eigenvalue weighted by atomic mass is 32.2. The number of rotatable bonds is 5. The number of pyridine rings is 1. The van der Waals surface area contributed by atoms with Gasteiger partial charge in [-0.3, -0.25) is 9.19 Å². The Morgan fingerprint density at radius 2 is 2.00 bits per heavy atom. The van der Waals surface area contributed by atoms with Crippen LogP contribution >= 0.6 is 0 Å². The number of benzene rings is 1. The van der Waals surface area contributed by atoms with Crippen LogP contribution < -0.4 is 5.32 Å². The summed E-state index contributed by atoms with van der Waals surface area (Å²) in [6, 6.07) is 13.6. The van der Waals surface area contributed by atoms with E-state index in [2.05, 4.69) is 20.3 Å². The average molecular weight is 338 g/mol. The van der Waals surface area contributed by atoms with Gasteiger partial charge >= 0.3 is 0 Å². The van der Waals surface area contributed by atoms with Crippen molar-refractivity contribution in [2.75, 3.05) is 11.6 Å². The summed E-state index contributed by atoms with van der Waals surface area (Å²) < 4.78 is 11.4. The topological polar surface area (TPSA) is 67.8 Å². The predicted molar refractivity (Wildman–Crippen MR) is 97.5 cm³/mol. The van der Waals surface area contributed by atoms with Gasteiger partial charge in [0.25, 0.3) is 0 Å². The molecule has 0 saturated carbocycles. The van der Waals surface area contributed by atoms with E-state index in [4.69, 9.17) is 0 Å². The Kier molecular flexibility index (Phi) is 4.96. The van der Waals surface area contributed by atoms with Crippen LogP contribution in [0.3, 0.4) is 0 Å². The van der Waals surface area contributed by atoms with E-state index in [0.29, 0.717) is 11.6 Å². The fourth-order valence-electron chi connectivity index (χ4n) is 2.38. The minimum atomic E-state index is -0.864. The Labute approximate surface area is 143 Å². The number of nitrogens with zero attached hydrogens (tertiary/aromatic N) is 3. The summed E-state index contributed by atoms with van der Waals surface area (Å²) in [6.45, 7) is 1.93. The van der Waals surface area contributed by atoms with E-state index < -0.39 is 10.8 Å². The molecule has 5 nitrogen and oxygen atoms in total. The molecule has 1 unspecified atom stereocenters. The van der Waals surface area contributed by atoms with Gasteiger partial charge in [-0.05, 0) is 36.8 Å². The molecule has 1 aromatic carbocycles. The second-order valence-electron chi connectivity index (χ2n) is 5.50. The van der Waals surface area contributed by atoms with Crippen LogP contribution in [0.25, 0.3) is 11.4 Å². The molecule has 0 bridgehead atoms. The molecular weight excluding hydrogens is 320 g/mol. The van der Waals surface area contributed by atoms with Crippen molar-refractivity contribution in [1.82, 2.24) is 15.0 Å². The number of anilines is 2. The van der Waals surface area contributed by atoms with Crippen LogP contribution in [-0.2, 0) is 16.6 Å². The van der Waals surface area contributed by atoms with Crippen molar-refractivity contribution in [1.29, 1.82) is 0 Å². The van der Waals surface area contributed by atoms with E-state index in [0.717, 1.165) is 28.3 Å². The Morgan fingerprint density at radius 1 is 1.12 bits per heavy atom. The van der Waals surface area contributed by atoms with Crippen molar-refractivity contribution in [3.05, 3.63) is 66.1 Å². The van der Waals surface area contributed by atoms with Crippen molar-refractivity contribution < 1.29 is 4.21 Å². The highest BCUT2D eigenvalue weighted by Gasteiger charge is 2.06. The molecular formula is C18H18N4OS. The minimum Gasteiger partial charge on any atom is -0.340 e. The molecule has 0 aliphatic heterocycles. The first-order valence-corrected chi connectivity index (χ1v) is 9.25. The van der Waals surface area contributed by atoms with Crippen LogP contribution in [-0.4, -0.2) is 25.4 Å². The van der Waals surface area contributed by atoms with Crippen LogP contribution in [0.5, 0.6) is 0 Å². The molecule has 0 radical (unpaired) electrons. The molecule has 0 amide bonds. The van der Waals surface area contributed by atoms with Crippen molar-refractivity contribution in [2.45, 2.75) is 12.7 Å². The summed E-state index contributed by atoms with van der Waals surface area (Å²) in [5, 5.41) is 3.30. The molecule has 24 heavy (non-hydrogen) atoms. The number of nitrogens with one attached hydrogen (secondary N) is 1. The van der Waals surface area contributed by atoms with Gasteiger partial charge in [-0.15, -0.1) is 0 Å². The highest BCUT2D eigenvalue weighted by molar-refractivity contribution is 7.83. The highest BCUT2D eigenvalue weighted by Crippen LogP contribution is 2.21. The molecule has 0 aliphatic carbocycles. The Morgan fingerprint density at radius 3 is 2.75 bits per heavy atom. The predicted octanol–water partition coefficient (Wildman–Crippen LogP) is 3.47. The largest absolute Gasteiger partial charge is 0.340 e. The second kappa shape index (κ2) is 7.31. The average Bonchev–Trinajstić information content (AvgIpc) is 2.55. The fraction of sp³-hybridized carbons (Fsp3) is 0.167. The van der Waals surface area contributed by atoms with Crippen molar-refractivity contribution in [3.8, 4) is 11.4 Å². The zero-order valence-electron chi connectivity index (χ0n) is 13.6. The number of aryl methyl sites for hydroxylation is 1. The Bertz CT molecular complexity index is 868. The quantitative estimate of drug-likeness (QED) is 0.771. The van der Waals surface area contributed by atoms with Crippen molar-refractivity contribution in [2.24, 2.45) is 0 Å². The molecule has 3 aromatic rings. The summed E-state index contributed by atoms with van der Waals surface area (Å²) in [5.41, 5.74) is 3.68. The van der Waals surface area contributed by atoms with Crippen molar-refractivity contribution in [3.63, 3.8) is 0 Å². The molecule has 0 aliphatic rings. The van der Waals surface area contributed by atoms with Gasteiger partial charge in [0, 0.05) is 58.2 Å². The van der Waals surface area contributed by atoms with Crippen LogP contribution in [0.1, 0.15) is 11.3 Å². The molecule has 6 heteroatoms. The maximum absolute atomic E-state index is 11.4. The molecule has 0 spiro atoms. The number of hydrogen-bond acceptors (Lipinski definition) is 5. The first kappa shape index (κ1) is 16.3. The van der Waals surface area contributed by atoms with Crippen LogP contribution in [0, 0.1) is 6.92 Å². The zero-order chi connectivity index (χ0) is 16.9. The molecule has 2 aromatic heterocycles. The molecule has 0 fully saturated rings. The zero-order valence-corrected chi connectivity index (χ0v) is 14.4. The van der Waals surface area contributed by atoms with E-state index in [1.54, 1.807) is 18.6 Å². The van der Waals surface area contributed by atoms with Gasteiger partial charge in [0.1, 0.15) is 5.82 Å².